The van der Waals surface area contributed by atoms with Gasteiger partial charge in [-0.3, -0.25) is 10.1 Å². The molecule has 0 radical (unpaired) electrons. The van der Waals surface area contributed by atoms with Crippen molar-refractivity contribution in [3.63, 3.8) is 0 Å². The lowest BCUT2D eigenvalue weighted by Gasteiger charge is -2.11. The molecule has 1 aromatic rings. The summed E-state index contributed by atoms with van der Waals surface area (Å²) in [7, 11) is 3.03. The van der Waals surface area contributed by atoms with Gasteiger partial charge in [0.2, 0.25) is 5.82 Å². The van der Waals surface area contributed by atoms with Crippen LogP contribution in [0.15, 0.2) is 0 Å². The van der Waals surface area contributed by atoms with E-state index in [-0.39, 0.29) is 36.6 Å². The molecule has 21 heavy (non-hydrogen) atoms. The van der Waals surface area contributed by atoms with Gasteiger partial charge in [0.05, 0.1) is 11.5 Å². The molecular formula is C12H18N4O5. The molecule has 1 N–H and O–H groups in total. The monoisotopic (exact) mass is 298 g/mol. The standard InChI is InChI=1S/C12H18N4O5/c1-19-5-6-21-12-10(16(17)18)11(13-8-3-4-8)14-9(15-12)7-20-2/h8H,3-7H2,1-2H3,(H,13,14,15). The number of methoxy groups -OCH3 is 2. The first-order valence-electron chi connectivity index (χ1n) is 6.58. The highest BCUT2D eigenvalue weighted by atomic mass is 16.6. The zero-order chi connectivity index (χ0) is 15.2. The minimum atomic E-state index is -0.538. The second-order valence-electron chi connectivity index (χ2n) is 4.59. The highest BCUT2D eigenvalue weighted by Gasteiger charge is 2.31. The van der Waals surface area contributed by atoms with Crippen molar-refractivity contribution in [2.24, 2.45) is 0 Å². The number of anilines is 1. The highest BCUT2D eigenvalue weighted by molar-refractivity contribution is 5.62. The predicted molar refractivity (Wildman–Crippen MR) is 73.4 cm³/mol. The predicted octanol–water partition coefficient (Wildman–Crippen LogP) is 1.13. The molecule has 1 aromatic heterocycles. The van der Waals surface area contributed by atoms with E-state index in [1.807, 2.05) is 0 Å². The number of nitrogens with zero attached hydrogens (tertiary/aromatic N) is 3. The summed E-state index contributed by atoms with van der Waals surface area (Å²) < 4.78 is 15.2. The first-order chi connectivity index (χ1) is 10.2. The Bertz CT molecular complexity index is 507. The Balaban J connectivity index is 2.31. The highest BCUT2D eigenvalue weighted by Crippen LogP contribution is 2.35. The maximum absolute atomic E-state index is 11.3. The molecule has 116 valence electrons. The number of aromatic nitrogens is 2. The van der Waals surface area contributed by atoms with Crippen molar-refractivity contribution in [3.05, 3.63) is 15.9 Å². The van der Waals surface area contributed by atoms with E-state index in [1.54, 1.807) is 0 Å². The summed E-state index contributed by atoms with van der Waals surface area (Å²) in [4.78, 5) is 19.0. The second kappa shape index (κ2) is 7.14. The molecule has 0 amide bonds. The van der Waals surface area contributed by atoms with Crippen LogP contribution < -0.4 is 10.1 Å². The van der Waals surface area contributed by atoms with Crippen LogP contribution >= 0.6 is 0 Å². The number of rotatable bonds is 9. The Morgan fingerprint density at radius 1 is 1.29 bits per heavy atom. The summed E-state index contributed by atoms with van der Waals surface area (Å²) >= 11 is 0. The molecule has 9 nitrogen and oxygen atoms in total. The fraction of sp³-hybridized carbons (Fsp3) is 0.667. The third kappa shape index (κ3) is 4.23. The SMILES string of the molecule is COCCOc1nc(COC)nc(NC2CC2)c1[N+](=O)[O-]. The molecule has 1 aliphatic carbocycles. The molecule has 0 aliphatic heterocycles. The number of hydrogen-bond acceptors (Lipinski definition) is 8. The molecule has 1 saturated carbocycles. The molecule has 0 bridgehead atoms. The van der Waals surface area contributed by atoms with E-state index in [9.17, 15) is 10.1 Å². The molecule has 0 saturated heterocycles. The first-order valence-corrected chi connectivity index (χ1v) is 6.58. The summed E-state index contributed by atoms with van der Waals surface area (Å²) in [6.07, 6.45) is 1.95. The van der Waals surface area contributed by atoms with Crippen LogP contribution in [0.5, 0.6) is 5.88 Å². The zero-order valence-electron chi connectivity index (χ0n) is 12.0. The van der Waals surface area contributed by atoms with Crippen LogP contribution in [-0.2, 0) is 16.1 Å². The zero-order valence-corrected chi connectivity index (χ0v) is 12.0. The molecule has 0 aromatic carbocycles. The Labute approximate surface area is 121 Å². The van der Waals surface area contributed by atoms with Gasteiger partial charge in [-0.1, -0.05) is 0 Å². The first kappa shape index (κ1) is 15.4. The lowest BCUT2D eigenvalue weighted by Crippen LogP contribution is -2.14. The molecule has 0 atom stereocenters. The summed E-state index contributed by atoms with van der Waals surface area (Å²) in [5, 5.41) is 14.3. The Kier molecular flexibility index (Phi) is 5.23. The van der Waals surface area contributed by atoms with Crippen molar-refractivity contribution in [2.75, 3.05) is 32.8 Å². The number of hydrogen-bond donors (Lipinski definition) is 1. The van der Waals surface area contributed by atoms with Crippen LogP contribution in [-0.4, -0.2) is 48.4 Å². The van der Waals surface area contributed by atoms with Gasteiger partial charge >= 0.3 is 5.69 Å². The van der Waals surface area contributed by atoms with Crippen LogP contribution in [0.3, 0.4) is 0 Å². The van der Waals surface area contributed by atoms with Crippen molar-refractivity contribution >= 4 is 11.5 Å². The smallest absolute Gasteiger partial charge is 0.372 e. The summed E-state index contributed by atoms with van der Waals surface area (Å²) in [6.45, 7) is 0.633. The average molecular weight is 298 g/mol. The summed E-state index contributed by atoms with van der Waals surface area (Å²) in [5.74, 6) is 0.442. The molecule has 0 unspecified atom stereocenters. The quantitative estimate of drug-likeness (QED) is 0.410. The van der Waals surface area contributed by atoms with Crippen molar-refractivity contribution in [1.29, 1.82) is 0 Å². The molecule has 1 heterocycles. The maximum Gasteiger partial charge on any atom is 0.372 e. The van der Waals surface area contributed by atoms with Gasteiger partial charge in [-0.05, 0) is 12.8 Å². The van der Waals surface area contributed by atoms with Gasteiger partial charge in [0.1, 0.15) is 13.2 Å². The van der Waals surface area contributed by atoms with Crippen LogP contribution in [0.2, 0.25) is 0 Å². The fourth-order valence-electron chi connectivity index (χ4n) is 1.68. The molecule has 1 aliphatic rings. The minimum Gasteiger partial charge on any atom is -0.470 e. The normalized spacial score (nSPS) is 14.0. The maximum atomic E-state index is 11.3. The van der Waals surface area contributed by atoms with Crippen molar-refractivity contribution < 1.29 is 19.1 Å². The van der Waals surface area contributed by atoms with Crippen LogP contribution in [0.4, 0.5) is 11.5 Å². The van der Waals surface area contributed by atoms with Gasteiger partial charge in [0, 0.05) is 20.3 Å². The van der Waals surface area contributed by atoms with Gasteiger partial charge in [-0.2, -0.15) is 4.98 Å². The van der Waals surface area contributed by atoms with Gasteiger partial charge < -0.3 is 19.5 Å². The lowest BCUT2D eigenvalue weighted by molar-refractivity contribution is -0.385. The number of ether oxygens (including phenoxy) is 3. The molecule has 2 rings (SSSR count). The molecule has 9 heteroatoms. The average Bonchev–Trinajstić information content (AvgIpc) is 3.22. The topological polar surface area (TPSA) is 109 Å². The second-order valence-corrected chi connectivity index (χ2v) is 4.59. The van der Waals surface area contributed by atoms with Crippen LogP contribution in [0, 0.1) is 10.1 Å². The Morgan fingerprint density at radius 3 is 2.62 bits per heavy atom. The number of nitro groups is 1. The van der Waals surface area contributed by atoms with E-state index in [2.05, 4.69) is 15.3 Å². The van der Waals surface area contributed by atoms with E-state index < -0.39 is 4.92 Å². The van der Waals surface area contributed by atoms with Gasteiger partial charge in [-0.25, -0.2) is 4.98 Å². The van der Waals surface area contributed by atoms with E-state index >= 15 is 0 Å². The van der Waals surface area contributed by atoms with E-state index in [1.165, 1.54) is 14.2 Å². The lowest BCUT2D eigenvalue weighted by atomic mass is 10.4. The third-order valence-electron chi connectivity index (χ3n) is 2.80. The van der Waals surface area contributed by atoms with Crippen LogP contribution in [0.25, 0.3) is 0 Å². The third-order valence-corrected chi connectivity index (χ3v) is 2.80. The van der Waals surface area contributed by atoms with Gasteiger partial charge in [-0.15, -0.1) is 0 Å². The van der Waals surface area contributed by atoms with Gasteiger partial charge in [0.15, 0.2) is 5.82 Å². The van der Waals surface area contributed by atoms with Crippen LogP contribution in [0.1, 0.15) is 18.7 Å². The van der Waals surface area contributed by atoms with Crippen molar-refractivity contribution in [1.82, 2.24) is 9.97 Å². The fourth-order valence-corrected chi connectivity index (χ4v) is 1.68. The molecule has 0 spiro atoms. The molecule has 1 fully saturated rings. The summed E-state index contributed by atoms with van der Waals surface area (Å²) in [5.41, 5.74) is -0.252. The Hall–Kier alpha value is -2.00. The largest absolute Gasteiger partial charge is 0.470 e. The Morgan fingerprint density at radius 2 is 2.05 bits per heavy atom. The minimum absolute atomic E-state index is 0.0674. The molecular weight excluding hydrogens is 280 g/mol. The summed E-state index contributed by atoms with van der Waals surface area (Å²) in [6, 6.07) is 0.223. The van der Waals surface area contributed by atoms with E-state index in [4.69, 9.17) is 14.2 Å². The van der Waals surface area contributed by atoms with Gasteiger partial charge in [0.25, 0.3) is 5.88 Å². The van der Waals surface area contributed by atoms with E-state index in [0.29, 0.717) is 12.4 Å². The van der Waals surface area contributed by atoms with Crippen molar-refractivity contribution in [3.8, 4) is 5.88 Å². The number of nitrogens with one attached hydrogen (secondary N) is 1. The van der Waals surface area contributed by atoms with E-state index in [0.717, 1.165) is 12.8 Å². The van der Waals surface area contributed by atoms with Crippen molar-refractivity contribution in [2.45, 2.75) is 25.5 Å².